The maximum Gasteiger partial charge on any atom is 0.143 e. The van der Waals surface area contributed by atoms with Crippen LogP contribution >= 0.6 is 0 Å². The molecule has 1 aliphatic carbocycles. The fraction of sp³-hybridized carbons (Fsp3) is 0.0667. The highest BCUT2D eigenvalue weighted by atomic mass is 16.3. The Labute approximate surface area is 273 Å². The van der Waals surface area contributed by atoms with Crippen molar-refractivity contribution in [3.63, 3.8) is 0 Å². The largest absolute Gasteiger partial charge is 0.455 e. The quantitative estimate of drug-likeness (QED) is 0.197. The second kappa shape index (κ2) is 10.3. The van der Waals surface area contributed by atoms with E-state index in [0.717, 1.165) is 51.6 Å². The zero-order chi connectivity index (χ0) is 30.9. The molecule has 0 aliphatic heterocycles. The Balaban J connectivity index is 1.21. The maximum absolute atomic E-state index is 6.45. The van der Waals surface area contributed by atoms with E-state index in [2.05, 4.69) is 156 Å². The molecule has 0 bridgehead atoms. The number of hydrogen-bond donors (Lipinski definition) is 0. The van der Waals surface area contributed by atoms with Crippen LogP contribution in [0.3, 0.4) is 0 Å². The van der Waals surface area contributed by atoms with Gasteiger partial charge in [0.1, 0.15) is 11.2 Å². The van der Waals surface area contributed by atoms with Gasteiger partial charge in [-0.15, -0.1) is 0 Å². The normalized spacial score (nSPS) is 14.4. The van der Waals surface area contributed by atoms with Crippen molar-refractivity contribution in [2.24, 2.45) is 0 Å². The Kier molecular flexibility index (Phi) is 5.80. The maximum atomic E-state index is 6.45. The molecule has 0 saturated heterocycles. The number of hydrogen-bond acceptors (Lipinski definition) is 1. The number of nitrogens with zero attached hydrogens (tertiary/aromatic N) is 1. The van der Waals surface area contributed by atoms with Crippen molar-refractivity contribution in [1.82, 2.24) is 4.57 Å². The van der Waals surface area contributed by atoms with E-state index in [-0.39, 0.29) is 0 Å². The SMILES string of the molecule is c1ccc(C2Cc3ccccc3-c3ccc4c(c3C2)c2ccccc2n4-c2cccc(-c3cccc4c3oc3ccccc34)c2)cc1. The lowest BCUT2D eigenvalue weighted by Crippen LogP contribution is -2.05. The summed E-state index contributed by atoms with van der Waals surface area (Å²) < 4.78 is 8.91. The van der Waals surface area contributed by atoms with Crippen LogP contribution in [0.5, 0.6) is 0 Å². The third-order valence-electron chi connectivity index (χ3n) is 10.3. The van der Waals surface area contributed by atoms with Crippen LogP contribution in [-0.4, -0.2) is 4.57 Å². The fourth-order valence-electron chi connectivity index (χ4n) is 8.17. The smallest absolute Gasteiger partial charge is 0.143 e. The van der Waals surface area contributed by atoms with Crippen LogP contribution in [0.25, 0.3) is 71.7 Å². The highest BCUT2D eigenvalue weighted by Gasteiger charge is 2.26. The molecule has 1 unspecified atom stereocenters. The molecular formula is C45H31NO. The standard InChI is InChI=1S/C45H31NO/c1-2-12-29(13-3-1)32-26-30-14-4-5-17-34(30)36-24-25-42-44(40(36)28-32)39-19-6-8-22-41(39)46(42)33-16-10-15-31(27-33)35-20-11-21-38-37-18-7-9-23-43(37)47-45(35)38/h1-25,27,32H,26,28H2. The molecular weight excluding hydrogens is 571 g/mol. The van der Waals surface area contributed by atoms with Crippen LogP contribution in [0.2, 0.25) is 0 Å². The van der Waals surface area contributed by atoms with E-state index in [9.17, 15) is 0 Å². The molecule has 2 heteroatoms. The van der Waals surface area contributed by atoms with E-state index in [1.54, 1.807) is 0 Å². The number of fused-ring (bicyclic) bond motifs is 10. The van der Waals surface area contributed by atoms with Gasteiger partial charge in [0.2, 0.25) is 0 Å². The molecule has 10 rings (SSSR count). The lowest BCUT2D eigenvalue weighted by atomic mass is 9.87. The van der Waals surface area contributed by atoms with Gasteiger partial charge in [-0.3, -0.25) is 0 Å². The third-order valence-corrected chi connectivity index (χ3v) is 10.3. The summed E-state index contributed by atoms with van der Waals surface area (Å²) in [5.74, 6) is 0.402. The Morgan fingerprint density at radius 2 is 1.26 bits per heavy atom. The summed E-state index contributed by atoms with van der Waals surface area (Å²) in [5.41, 5.74) is 14.7. The summed E-state index contributed by atoms with van der Waals surface area (Å²) in [6.07, 6.45) is 2.03. The van der Waals surface area contributed by atoms with Crippen molar-refractivity contribution in [2.75, 3.05) is 0 Å². The second-order valence-corrected chi connectivity index (χ2v) is 12.8. The van der Waals surface area contributed by atoms with Gasteiger partial charge >= 0.3 is 0 Å². The molecule has 0 radical (unpaired) electrons. The van der Waals surface area contributed by atoms with Gasteiger partial charge in [0, 0.05) is 32.8 Å². The van der Waals surface area contributed by atoms with Gasteiger partial charge in [-0.2, -0.15) is 0 Å². The molecule has 0 N–H and O–H groups in total. The lowest BCUT2D eigenvalue weighted by Gasteiger charge is -2.17. The second-order valence-electron chi connectivity index (χ2n) is 12.8. The van der Waals surface area contributed by atoms with Gasteiger partial charge in [0.15, 0.2) is 0 Å². The Morgan fingerprint density at radius 3 is 2.19 bits per heavy atom. The summed E-state index contributed by atoms with van der Waals surface area (Å²) >= 11 is 0. The number of para-hydroxylation sites is 3. The van der Waals surface area contributed by atoms with Crippen molar-refractivity contribution in [1.29, 1.82) is 0 Å². The van der Waals surface area contributed by atoms with Crippen LogP contribution in [0.15, 0.2) is 162 Å². The summed E-state index contributed by atoms with van der Waals surface area (Å²) in [6, 6.07) is 57.5. The van der Waals surface area contributed by atoms with Crippen LogP contribution in [0.4, 0.5) is 0 Å². The van der Waals surface area contributed by atoms with Crippen LogP contribution < -0.4 is 0 Å². The fourth-order valence-corrected chi connectivity index (χ4v) is 8.17. The molecule has 2 heterocycles. The molecule has 0 amide bonds. The number of benzene rings is 7. The third kappa shape index (κ3) is 4.05. The van der Waals surface area contributed by atoms with Crippen molar-refractivity contribution >= 4 is 43.7 Å². The first-order chi connectivity index (χ1) is 23.3. The average molecular weight is 602 g/mol. The molecule has 9 aromatic rings. The molecule has 0 fully saturated rings. The van der Waals surface area contributed by atoms with Gasteiger partial charge in [0.05, 0.1) is 11.0 Å². The summed E-state index contributed by atoms with van der Waals surface area (Å²) in [5, 5.41) is 4.96. The Morgan fingerprint density at radius 1 is 0.511 bits per heavy atom. The number of furan rings is 1. The first-order valence-corrected chi connectivity index (χ1v) is 16.5. The van der Waals surface area contributed by atoms with E-state index in [0.29, 0.717) is 5.92 Å². The molecule has 1 atom stereocenters. The van der Waals surface area contributed by atoms with Gasteiger partial charge in [-0.25, -0.2) is 0 Å². The van der Waals surface area contributed by atoms with Gasteiger partial charge < -0.3 is 8.98 Å². The van der Waals surface area contributed by atoms with Crippen molar-refractivity contribution in [3.05, 3.63) is 174 Å². The predicted molar refractivity (Wildman–Crippen MR) is 196 cm³/mol. The minimum absolute atomic E-state index is 0.402. The molecule has 47 heavy (non-hydrogen) atoms. The first kappa shape index (κ1) is 26.4. The van der Waals surface area contributed by atoms with Crippen molar-refractivity contribution in [2.45, 2.75) is 18.8 Å². The number of aromatic nitrogens is 1. The van der Waals surface area contributed by atoms with Crippen LogP contribution in [-0.2, 0) is 12.8 Å². The molecule has 1 aliphatic rings. The first-order valence-electron chi connectivity index (χ1n) is 16.5. The van der Waals surface area contributed by atoms with E-state index in [1.165, 1.54) is 49.6 Å². The minimum Gasteiger partial charge on any atom is -0.455 e. The average Bonchev–Trinajstić information content (AvgIpc) is 3.62. The number of rotatable bonds is 3. The monoisotopic (exact) mass is 601 g/mol. The lowest BCUT2D eigenvalue weighted by molar-refractivity contribution is 0.670. The van der Waals surface area contributed by atoms with Crippen molar-refractivity contribution < 1.29 is 4.42 Å². The van der Waals surface area contributed by atoms with E-state index >= 15 is 0 Å². The molecule has 2 nitrogen and oxygen atoms in total. The van der Waals surface area contributed by atoms with Crippen LogP contribution in [0, 0.1) is 0 Å². The molecule has 0 saturated carbocycles. The Hall–Kier alpha value is -5.86. The van der Waals surface area contributed by atoms with Gasteiger partial charge in [-0.1, -0.05) is 127 Å². The molecule has 0 spiro atoms. The molecule has 222 valence electrons. The van der Waals surface area contributed by atoms with E-state index < -0.39 is 0 Å². The topological polar surface area (TPSA) is 18.1 Å². The zero-order valence-electron chi connectivity index (χ0n) is 25.9. The molecule has 2 aromatic heterocycles. The van der Waals surface area contributed by atoms with E-state index in [4.69, 9.17) is 4.42 Å². The van der Waals surface area contributed by atoms with Gasteiger partial charge in [-0.05, 0) is 82.5 Å². The zero-order valence-corrected chi connectivity index (χ0v) is 25.9. The highest BCUT2D eigenvalue weighted by molar-refractivity contribution is 6.13. The van der Waals surface area contributed by atoms with Gasteiger partial charge in [0.25, 0.3) is 0 Å². The van der Waals surface area contributed by atoms with E-state index in [1.807, 2.05) is 6.07 Å². The van der Waals surface area contributed by atoms with Crippen LogP contribution in [0.1, 0.15) is 22.6 Å². The highest BCUT2D eigenvalue weighted by Crippen LogP contribution is 2.45. The minimum atomic E-state index is 0.402. The summed E-state index contributed by atoms with van der Waals surface area (Å²) in [7, 11) is 0. The molecule has 7 aromatic carbocycles. The predicted octanol–water partition coefficient (Wildman–Crippen LogP) is 11.9. The summed E-state index contributed by atoms with van der Waals surface area (Å²) in [4.78, 5) is 0. The summed E-state index contributed by atoms with van der Waals surface area (Å²) in [6.45, 7) is 0. The Bertz CT molecular complexity index is 2640. The van der Waals surface area contributed by atoms with Crippen molar-refractivity contribution in [3.8, 4) is 27.9 Å².